The fraction of sp³-hybridized carbons (Fsp3) is 0.438. The second-order valence-electron chi connectivity index (χ2n) is 5.57. The van der Waals surface area contributed by atoms with Crippen molar-refractivity contribution in [3.8, 4) is 0 Å². The highest BCUT2D eigenvalue weighted by atomic mass is 14.7. The number of hydrogen-bond acceptors (Lipinski definition) is 2. The van der Waals surface area contributed by atoms with Crippen LogP contribution in [0, 0.1) is 27.7 Å². The average Bonchev–Trinajstić information content (AvgIpc) is 2.33. The Morgan fingerprint density at radius 2 is 1.89 bits per heavy atom. The van der Waals surface area contributed by atoms with Gasteiger partial charge in [-0.2, -0.15) is 0 Å². The molecule has 2 heteroatoms. The molecule has 18 heavy (non-hydrogen) atoms. The minimum absolute atomic E-state index is 0.170. The largest absolute Gasteiger partial charge is 0.324 e. The fourth-order valence-corrected chi connectivity index (χ4v) is 3.22. The van der Waals surface area contributed by atoms with Crippen LogP contribution < -0.4 is 5.73 Å². The summed E-state index contributed by atoms with van der Waals surface area (Å²) in [5, 5.41) is 1.33. The summed E-state index contributed by atoms with van der Waals surface area (Å²) in [7, 11) is 0. The van der Waals surface area contributed by atoms with E-state index in [2.05, 4.69) is 33.8 Å². The van der Waals surface area contributed by atoms with E-state index in [1.807, 2.05) is 0 Å². The molecule has 1 atom stereocenters. The molecule has 2 aromatic rings. The van der Waals surface area contributed by atoms with Crippen molar-refractivity contribution in [2.75, 3.05) is 0 Å². The maximum atomic E-state index is 6.34. The van der Waals surface area contributed by atoms with Gasteiger partial charge in [-0.15, -0.1) is 0 Å². The molecule has 0 bridgehead atoms. The molecule has 0 radical (unpaired) electrons. The fourth-order valence-electron chi connectivity index (χ4n) is 3.22. The Balaban J connectivity index is 2.55. The lowest BCUT2D eigenvalue weighted by Crippen LogP contribution is -2.20. The molecule has 1 aliphatic carbocycles. The quantitative estimate of drug-likeness (QED) is 0.766. The Morgan fingerprint density at radius 3 is 2.61 bits per heavy atom. The second-order valence-corrected chi connectivity index (χ2v) is 5.57. The standard InChI is InChI=1S/C16H20N2/c1-8-7-14-16-12(9(8)2)5-6-13(17)15(16)10(3)11(4)18-14/h7,13H,5-6,17H2,1-4H3/t13-/m0/s1. The van der Waals surface area contributed by atoms with Crippen LogP contribution in [0.2, 0.25) is 0 Å². The lowest BCUT2D eigenvalue weighted by atomic mass is 9.81. The third-order valence-electron chi connectivity index (χ3n) is 4.54. The highest BCUT2D eigenvalue weighted by Gasteiger charge is 2.24. The van der Waals surface area contributed by atoms with E-state index < -0.39 is 0 Å². The molecular weight excluding hydrogens is 220 g/mol. The summed E-state index contributed by atoms with van der Waals surface area (Å²) in [6, 6.07) is 2.38. The van der Waals surface area contributed by atoms with Crippen molar-refractivity contribution in [2.45, 2.75) is 46.6 Å². The molecule has 0 unspecified atom stereocenters. The van der Waals surface area contributed by atoms with Gasteiger partial charge in [-0.05, 0) is 74.4 Å². The van der Waals surface area contributed by atoms with Crippen molar-refractivity contribution in [1.29, 1.82) is 0 Å². The maximum absolute atomic E-state index is 6.34. The summed E-state index contributed by atoms with van der Waals surface area (Å²) in [5.41, 5.74) is 15.4. The minimum atomic E-state index is 0.170. The average molecular weight is 240 g/mol. The van der Waals surface area contributed by atoms with Crippen molar-refractivity contribution < 1.29 is 0 Å². The van der Waals surface area contributed by atoms with Crippen LogP contribution in [0.1, 0.15) is 46.0 Å². The Labute approximate surface area is 108 Å². The Kier molecular flexibility index (Phi) is 2.46. The maximum Gasteiger partial charge on any atom is 0.0714 e. The van der Waals surface area contributed by atoms with Crippen LogP contribution >= 0.6 is 0 Å². The number of nitrogens with zero attached hydrogens (tertiary/aromatic N) is 1. The van der Waals surface area contributed by atoms with Gasteiger partial charge in [0.25, 0.3) is 0 Å². The third-order valence-corrected chi connectivity index (χ3v) is 4.54. The number of pyridine rings is 1. The van der Waals surface area contributed by atoms with Gasteiger partial charge in [0, 0.05) is 17.1 Å². The third kappa shape index (κ3) is 1.42. The normalized spacial score (nSPS) is 18.4. The molecule has 1 aromatic heterocycles. The van der Waals surface area contributed by atoms with E-state index in [1.165, 1.54) is 33.2 Å². The van der Waals surface area contributed by atoms with Gasteiger partial charge < -0.3 is 5.73 Å². The minimum Gasteiger partial charge on any atom is -0.324 e. The molecular formula is C16H20N2. The molecule has 94 valence electrons. The zero-order valence-corrected chi connectivity index (χ0v) is 11.6. The molecule has 0 fully saturated rings. The van der Waals surface area contributed by atoms with E-state index in [1.54, 1.807) is 0 Å². The molecule has 1 aromatic carbocycles. The van der Waals surface area contributed by atoms with Gasteiger partial charge >= 0.3 is 0 Å². The molecule has 2 nitrogen and oxygen atoms in total. The van der Waals surface area contributed by atoms with Gasteiger partial charge in [-0.1, -0.05) is 0 Å². The van der Waals surface area contributed by atoms with Gasteiger partial charge in [0.2, 0.25) is 0 Å². The first-order chi connectivity index (χ1) is 8.50. The number of rotatable bonds is 0. The number of benzene rings is 1. The summed E-state index contributed by atoms with van der Waals surface area (Å²) in [6.45, 7) is 8.64. The molecule has 1 aliphatic rings. The van der Waals surface area contributed by atoms with Crippen LogP contribution in [0.25, 0.3) is 10.9 Å². The predicted octanol–water partition coefficient (Wildman–Crippen LogP) is 3.41. The van der Waals surface area contributed by atoms with Gasteiger partial charge in [0.05, 0.1) is 5.52 Å². The van der Waals surface area contributed by atoms with Crippen LogP contribution in [-0.2, 0) is 6.42 Å². The molecule has 0 saturated heterocycles. The Bertz CT molecular complexity index is 651. The van der Waals surface area contributed by atoms with Gasteiger partial charge in [-0.3, -0.25) is 4.98 Å². The summed E-state index contributed by atoms with van der Waals surface area (Å²) < 4.78 is 0. The number of hydrogen-bond donors (Lipinski definition) is 1. The van der Waals surface area contributed by atoms with E-state index in [9.17, 15) is 0 Å². The highest BCUT2D eigenvalue weighted by Crippen LogP contribution is 2.38. The second kappa shape index (κ2) is 3.79. The van der Waals surface area contributed by atoms with Crippen molar-refractivity contribution in [3.63, 3.8) is 0 Å². The van der Waals surface area contributed by atoms with Crippen molar-refractivity contribution >= 4 is 10.9 Å². The van der Waals surface area contributed by atoms with Crippen molar-refractivity contribution in [1.82, 2.24) is 4.98 Å². The molecule has 0 spiro atoms. The SMILES string of the molecule is Cc1cc2nc(C)c(C)c3c2c(c1C)CC[C@@H]3N. The molecule has 3 rings (SSSR count). The zero-order chi connectivity index (χ0) is 13.0. The highest BCUT2D eigenvalue weighted by molar-refractivity contribution is 5.90. The van der Waals surface area contributed by atoms with Crippen LogP contribution in [0.5, 0.6) is 0 Å². The van der Waals surface area contributed by atoms with Crippen LogP contribution in [0.3, 0.4) is 0 Å². The topological polar surface area (TPSA) is 38.9 Å². The lowest BCUT2D eigenvalue weighted by Gasteiger charge is -2.27. The molecule has 0 saturated carbocycles. The van der Waals surface area contributed by atoms with Crippen LogP contribution in [0.15, 0.2) is 6.07 Å². The van der Waals surface area contributed by atoms with E-state index in [0.717, 1.165) is 24.1 Å². The predicted molar refractivity (Wildman–Crippen MR) is 75.9 cm³/mol. The first kappa shape index (κ1) is 11.7. The van der Waals surface area contributed by atoms with Gasteiger partial charge in [-0.25, -0.2) is 0 Å². The van der Waals surface area contributed by atoms with Gasteiger partial charge in [0.1, 0.15) is 0 Å². The summed E-state index contributed by atoms with van der Waals surface area (Å²) >= 11 is 0. The van der Waals surface area contributed by atoms with Crippen molar-refractivity contribution in [3.05, 3.63) is 39.6 Å². The summed E-state index contributed by atoms with van der Waals surface area (Å²) in [4.78, 5) is 4.76. The van der Waals surface area contributed by atoms with Crippen molar-refractivity contribution in [2.24, 2.45) is 5.73 Å². The number of nitrogens with two attached hydrogens (primary N) is 1. The molecule has 0 aliphatic heterocycles. The molecule has 1 heterocycles. The number of aromatic nitrogens is 1. The van der Waals surface area contributed by atoms with Crippen LogP contribution in [0.4, 0.5) is 0 Å². The zero-order valence-electron chi connectivity index (χ0n) is 11.6. The Hall–Kier alpha value is -1.41. The van der Waals surface area contributed by atoms with E-state index in [-0.39, 0.29) is 6.04 Å². The van der Waals surface area contributed by atoms with Crippen LogP contribution in [-0.4, -0.2) is 4.98 Å². The van der Waals surface area contributed by atoms with E-state index in [0.29, 0.717) is 0 Å². The Morgan fingerprint density at radius 1 is 1.17 bits per heavy atom. The summed E-state index contributed by atoms with van der Waals surface area (Å²) in [5.74, 6) is 0. The first-order valence-corrected chi connectivity index (χ1v) is 6.66. The summed E-state index contributed by atoms with van der Waals surface area (Å²) in [6.07, 6.45) is 2.14. The van der Waals surface area contributed by atoms with E-state index in [4.69, 9.17) is 10.7 Å². The van der Waals surface area contributed by atoms with Gasteiger partial charge in [0.15, 0.2) is 0 Å². The lowest BCUT2D eigenvalue weighted by molar-refractivity contribution is 0.635. The monoisotopic (exact) mass is 240 g/mol. The molecule has 2 N–H and O–H groups in total. The molecule has 0 amide bonds. The number of aryl methyl sites for hydroxylation is 3. The first-order valence-electron chi connectivity index (χ1n) is 6.66. The smallest absolute Gasteiger partial charge is 0.0714 e. The van der Waals surface area contributed by atoms with E-state index >= 15 is 0 Å².